The monoisotopic (exact) mass is 261 g/mol. The Morgan fingerprint density at radius 1 is 1.47 bits per heavy atom. The summed E-state index contributed by atoms with van der Waals surface area (Å²) in [5, 5.41) is 20.6. The number of hydrogen-bond acceptors (Lipinski definition) is 4. The number of phenols is 1. The van der Waals surface area contributed by atoms with Gasteiger partial charge in [0.2, 0.25) is 5.91 Å². The summed E-state index contributed by atoms with van der Waals surface area (Å²) in [5.74, 6) is -0.0722. The van der Waals surface area contributed by atoms with Gasteiger partial charge in [-0.3, -0.25) is 4.79 Å². The van der Waals surface area contributed by atoms with Crippen LogP contribution in [-0.2, 0) is 11.2 Å². The van der Waals surface area contributed by atoms with Crippen molar-refractivity contribution in [3.05, 3.63) is 29.8 Å². The van der Waals surface area contributed by atoms with Crippen molar-refractivity contribution in [2.75, 3.05) is 0 Å². The summed E-state index contributed by atoms with van der Waals surface area (Å²) in [6.07, 6.45) is 1.38. The number of nitriles is 1. The smallest absolute Gasteiger partial charge is 0.237 e. The molecule has 1 unspecified atom stereocenters. The minimum Gasteiger partial charge on any atom is -0.508 e. The summed E-state index contributed by atoms with van der Waals surface area (Å²) < 4.78 is 0. The number of benzene rings is 1. The van der Waals surface area contributed by atoms with E-state index in [4.69, 9.17) is 16.1 Å². The van der Waals surface area contributed by atoms with E-state index in [0.29, 0.717) is 12.8 Å². The van der Waals surface area contributed by atoms with Gasteiger partial charge in [-0.1, -0.05) is 19.1 Å². The van der Waals surface area contributed by atoms with Crippen LogP contribution in [0.1, 0.15) is 25.3 Å². The average Bonchev–Trinajstić information content (AvgIpc) is 2.40. The Bertz CT molecular complexity index is 451. The van der Waals surface area contributed by atoms with E-state index in [2.05, 4.69) is 5.32 Å². The first-order chi connectivity index (χ1) is 9.06. The molecule has 0 fully saturated rings. The van der Waals surface area contributed by atoms with Crippen molar-refractivity contribution in [2.45, 2.75) is 38.3 Å². The zero-order valence-electron chi connectivity index (χ0n) is 11.0. The lowest BCUT2D eigenvalue weighted by Gasteiger charge is -2.17. The van der Waals surface area contributed by atoms with Gasteiger partial charge in [0.05, 0.1) is 18.5 Å². The molecule has 0 radical (unpaired) electrons. The van der Waals surface area contributed by atoms with Gasteiger partial charge < -0.3 is 16.2 Å². The number of rotatable bonds is 6. The highest BCUT2D eigenvalue weighted by Crippen LogP contribution is 2.11. The third-order valence-corrected chi connectivity index (χ3v) is 2.91. The summed E-state index contributed by atoms with van der Waals surface area (Å²) in [5.41, 5.74) is 6.71. The molecule has 0 spiro atoms. The first kappa shape index (κ1) is 15.0. The summed E-state index contributed by atoms with van der Waals surface area (Å²) in [7, 11) is 0. The number of carbonyl (C=O) groups is 1. The molecule has 0 heterocycles. The van der Waals surface area contributed by atoms with Crippen LogP contribution in [-0.4, -0.2) is 23.1 Å². The SMILES string of the molecule is CCC(CC#N)NC(=O)[C@H](N)Cc1ccc(O)cc1. The molecule has 1 rings (SSSR count). The summed E-state index contributed by atoms with van der Waals surface area (Å²) in [6.45, 7) is 1.91. The maximum atomic E-state index is 11.9. The number of aromatic hydroxyl groups is 1. The summed E-state index contributed by atoms with van der Waals surface area (Å²) >= 11 is 0. The first-order valence-corrected chi connectivity index (χ1v) is 6.27. The van der Waals surface area contributed by atoms with Crippen molar-refractivity contribution in [2.24, 2.45) is 5.73 Å². The molecule has 1 amide bonds. The molecule has 5 nitrogen and oxygen atoms in total. The van der Waals surface area contributed by atoms with E-state index in [9.17, 15) is 4.79 Å². The third-order valence-electron chi connectivity index (χ3n) is 2.91. The predicted molar refractivity (Wildman–Crippen MR) is 72.2 cm³/mol. The van der Waals surface area contributed by atoms with Gasteiger partial charge >= 0.3 is 0 Å². The van der Waals surface area contributed by atoms with Gasteiger partial charge in [-0.15, -0.1) is 0 Å². The Labute approximate surface area is 113 Å². The quantitative estimate of drug-likeness (QED) is 0.713. The standard InChI is InChI=1S/C14H19N3O2/c1-2-11(7-8-15)17-14(19)13(16)9-10-3-5-12(18)6-4-10/h3-6,11,13,18H,2,7,9,16H2,1H3,(H,17,19)/t11?,13-/m1/s1. The number of nitrogens with zero attached hydrogens (tertiary/aromatic N) is 1. The Kier molecular flexibility index (Phi) is 5.83. The van der Waals surface area contributed by atoms with E-state index in [1.807, 2.05) is 13.0 Å². The average molecular weight is 261 g/mol. The fourth-order valence-electron chi connectivity index (χ4n) is 1.69. The minimum atomic E-state index is -0.655. The zero-order chi connectivity index (χ0) is 14.3. The van der Waals surface area contributed by atoms with Crippen LogP contribution >= 0.6 is 0 Å². The molecule has 0 aliphatic heterocycles. The lowest BCUT2D eigenvalue weighted by molar-refractivity contribution is -0.123. The molecule has 0 aromatic heterocycles. The number of carbonyl (C=O) groups excluding carboxylic acids is 1. The van der Waals surface area contributed by atoms with Crippen LogP contribution < -0.4 is 11.1 Å². The normalized spacial score (nSPS) is 13.3. The fraction of sp³-hybridized carbons (Fsp3) is 0.429. The number of amides is 1. The number of phenolic OH excluding ortho intramolecular Hbond substituents is 1. The van der Waals surface area contributed by atoms with Gasteiger partial charge in [0.25, 0.3) is 0 Å². The van der Waals surface area contributed by atoms with E-state index in [0.717, 1.165) is 5.56 Å². The number of nitrogens with one attached hydrogen (secondary N) is 1. The lowest BCUT2D eigenvalue weighted by atomic mass is 10.0. The molecule has 19 heavy (non-hydrogen) atoms. The Morgan fingerprint density at radius 3 is 2.63 bits per heavy atom. The van der Waals surface area contributed by atoms with Crippen molar-refractivity contribution in [3.63, 3.8) is 0 Å². The lowest BCUT2D eigenvalue weighted by Crippen LogP contribution is -2.46. The van der Waals surface area contributed by atoms with E-state index in [1.165, 1.54) is 0 Å². The summed E-state index contributed by atoms with van der Waals surface area (Å²) in [4.78, 5) is 11.9. The molecular weight excluding hydrogens is 242 g/mol. The first-order valence-electron chi connectivity index (χ1n) is 6.27. The maximum Gasteiger partial charge on any atom is 0.237 e. The molecule has 0 aliphatic carbocycles. The molecular formula is C14H19N3O2. The number of hydrogen-bond donors (Lipinski definition) is 3. The third kappa shape index (κ3) is 4.98. The van der Waals surface area contributed by atoms with Crippen molar-refractivity contribution >= 4 is 5.91 Å². The van der Waals surface area contributed by atoms with E-state index in [-0.39, 0.29) is 24.1 Å². The zero-order valence-corrected chi connectivity index (χ0v) is 11.0. The molecule has 0 saturated carbocycles. The van der Waals surface area contributed by atoms with E-state index >= 15 is 0 Å². The van der Waals surface area contributed by atoms with Crippen LogP contribution in [0.3, 0.4) is 0 Å². The van der Waals surface area contributed by atoms with Crippen LogP contribution in [0.25, 0.3) is 0 Å². The van der Waals surface area contributed by atoms with Crippen LogP contribution in [0.15, 0.2) is 24.3 Å². The minimum absolute atomic E-state index is 0.150. The second-order valence-electron chi connectivity index (χ2n) is 4.45. The van der Waals surface area contributed by atoms with Crippen molar-refractivity contribution < 1.29 is 9.90 Å². The molecule has 102 valence electrons. The van der Waals surface area contributed by atoms with Crippen molar-refractivity contribution in [3.8, 4) is 11.8 Å². The highest BCUT2D eigenvalue weighted by molar-refractivity contribution is 5.82. The molecule has 4 N–H and O–H groups in total. The summed E-state index contributed by atoms with van der Waals surface area (Å²) in [6, 6.07) is 7.81. The maximum absolute atomic E-state index is 11.9. The van der Waals surface area contributed by atoms with Crippen LogP contribution in [0.4, 0.5) is 0 Å². The van der Waals surface area contributed by atoms with Crippen LogP contribution in [0.2, 0.25) is 0 Å². The molecule has 0 bridgehead atoms. The highest BCUT2D eigenvalue weighted by atomic mass is 16.3. The van der Waals surface area contributed by atoms with Gasteiger partial charge in [-0.2, -0.15) is 5.26 Å². The number of nitrogens with two attached hydrogens (primary N) is 1. The molecule has 1 aromatic rings. The van der Waals surface area contributed by atoms with Gasteiger partial charge in [0.1, 0.15) is 5.75 Å². The Balaban J connectivity index is 2.53. The van der Waals surface area contributed by atoms with Crippen molar-refractivity contribution in [1.82, 2.24) is 5.32 Å². The van der Waals surface area contributed by atoms with E-state index < -0.39 is 6.04 Å². The second kappa shape index (κ2) is 7.39. The van der Waals surface area contributed by atoms with Crippen LogP contribution in [0, 0.1) is 11.3 Å². The molecule has 5 heteroatoms. The largest absolute Gasteiger partial charge is 0.508 e. The molecule has 0 saturated heterocycles. The van der Waals surface area contributed by atoms with Gasteiger partial charge in [0, 0.05) is 6.04 Å². The van der Waals surface area contributed by atoms with Gasteiger partial charge in [-0.05, 0) is 30.5 Å². The van der Waals surface area contributed by atoms with Crippen molar-refractivity contribution in [1.29, 1.82) is 5.26 Å². The Hall–Kier alpha value is -2.06. The molecule has 1 aromatic carbocycles. The highest BCUT2D eigenvalue weighted by Gasteiger charge is 2.17. The van der Waals surface area contributed by atoms with Crippen LogP contribution in [0.5, 0.6) is 5.75 Å². The van der Waals surface area contributed by atoms with E-state index in [1.54, 1.807) is 24.3 Å². The Morgan fingerprint density at radius 2 is 2.11 bits per heavy atom. The topological polar surface area (TPSA) is 99.1 Å². The molecule has 2 atom stereocenters. The van der Waals surface area contributed by atoms with Gasteiger partial charge in [-0.25, -0.2) is 0 Å². The molecule has 0 aliphatic rings. The van der Waals surface area contributed by atoms with Gasteiger partial charge in [0.15, 0.2) is 0 Å². The predicted octanol–water partition coefficient (Wildman–Crippen LogP) is 1.07. The fourth-order valence-corrected chi connectivity index (χ4v) is 1.69. The second-order valence-corrected chi connectivity index (χ2v) is 4.45.